The second-order valence-electron chi connectivity index (χ2n) is 22.3. The number of nitrogens with one attached hydrogen (secondary N) is 1. The molecule has 22 nitrogen and oxygen atoms in total. The van der Waals surface area contributed by atoms with Gasteiger partial charge in [-0.05, 0) is 105 Å². The molecular formula is C65H79N7O15. The van der Waals surface area contributed by atoms with Crippen molar-refractivity contribution in [3.05, 3.63) is 111 Å². The number of esters is 1. The van der Waals surface area contributed by atoms with Crippen molar-refractivity contribution in [2.24, 2.45) is 17.8 Å². The number of aryl methyl sites for hydroxylation is 2. The van der Waals surface area contributed by atoms with Crippen LogP contribution in [0.5, 0.6) is 5.75 Å². The molecule has 22 heteroatoms. The van der Waals surface area contributed by atoms with Gasteiger partial charge < -0.3 is 38.7 Å². The van der Waals surface area contributed by atoms with Crippen molar-refractivity contribution in [1.29, 1.82) is 0 Å². The Labute approximate surface area is 505 Å². The first-order chi connectivity index (χ1) is 42.1. The zero-order valence-electron chi connectivity index (χ0n) is 50.4. The maximum Gasteiger partial charge on any atom is 0.510 e. The predicted octanol–water partition coefficient (Wildman–Crippen LogP) is 8.74. The first-order valence-corrected chi connectivity index (χ1v) is 30.6. The molecule has 2 N–H and O–H groups in total. The smallest absolute Gasteiger partial charge is 0.508 e. The highest BCUT2D eigenvalue weighted by molar-refractivity contribution is 6.12. The summed E-state index contributed by atoms with van der Waals surface area (Å²) in [6.07, 6.45) is 11.3. The van der Waals surface area contributed by atoms with Crippen LogP contribution < -0.4 is 10.9 Å². The summed E-state index contributed by atoms with van der Waals surface area (Å²) in [6.45, 7) is 10.3. The van der Waals surface area contributed by atoms with Gasteiger partial charge >= 0.3 is 12.1 Å². The van der Waals surface area contributed by atoms with Crippen molar-refractivity contribution in [3.63, 3.8) is 0 Å². The van der Waals surface area contributed by atoms with Gasteiger partial charge in [0, 0.05) is 91.2 Å². The van der Waals surface area contributed by atoms with E-state index in [0.717, 1.165) is 61.5 Å². The Morgan fingerprint density at radius 2 is 1.60 bits per heavy atom. The van der Waals surface area contributed by atoms with E-state index in [4.69, 9.17) is 28.7 Å². The van der Waals surface area contributed by atoms with Crippen LogP contribution >= 0.6 is 0 Å². The molecule has 2 unspecified atom stereocenters. The lowest BCUT2D eigenvalue weighted by molar-refractivity contribution is -0.175. The molecule has 1 aliphatic carbocycles. The van der Waals surface area contributed by atoms with E-state index >= 15 is 0 Å². The van der Waals surface area contributed by atoms with Crippen LogP contribution in [-0.2, 0) is 102 Å². The summed E-state index contributed by atoms with van der Waals surface area (Å²) in [5, 5.41) is 22.2. The minimum atomic E-state index is -1.99. The van der Waals surface area contributed by atoms with Crippen LogP contribution in [0.1, 0.15) is 152 Å². The lowest BCUT2D eigenvalue weighted by atomic mass is 9.79. The number of Topliss-reactive ketones (excluding diaryl/α,β-unsaturated/α-hetero) is 3. The molecule has 1 fully saturated rings. The fourth-order valence-electron chi connectivity index (χ4n) is 11.8. The lowest BCUT2D eigenvalue weighted by Crippen LogP contribution is -2.47. The Bertz CT molecular complexity index is 3420. The van der Waals surface area contributed by atoms with E-state index in [1.54, 1.807) is 70.9 Å². The number of fused-ring (bicyclic) bond motifs is 5. The molecule has 9 rings (SSSR count). The third-order valence-corrected chi connectivity index (χ3v) is 16.5. The number of imide groups is 1. The molecule has 0 bridgehead atoms. The first-order valence-electron chi connectivity index (χ1n) is 30.6. The summed E-state index contributed by atoms with van der Waals surface area (Å²) < 4.78 is 31.3. The number of amides is 3. The standard InChI is InChI=1S/C63H73N7O15.C2H6/c1-4-7-8-10-42(29-47(73)37-82-36-46(72)11-9-27-81-28-26-68-33-44(66-67-68)20-23-55(74)41-16-12-39(13-17-41)32-70-56(75)24-25-57(70)76)59(77)64-43-18-14-40(15-19-43)35-84-62(80)85-63(6-3)52-31-54-58-50(34-69(54)60(78)51(52)38-83-61(63)79)48(5-2)49-30-45(71)21-22-53(49)65-58;1-2/h14-15,18-19,21-22,24-25,30-31,33,39,41-42,71H,4-13,16-17,20,23,26-29,32,34-38H2,1-3H3,(H,64,77);1-2H3. The topological polar surface area (TPSA) is 284 Å². The van der Waals surface area contributed by atoms with Crippen LogP contribution in [0.15, 0.2) is 71.7 Å². The molecule has 1 saturated carbocycles. The molecule has 2 aromatic carbocycles. The minimum absolute atomic E-state index is 0.0329. The first kappa shape index (κ1) is 64.8. The molecule has 0 radical (unpaired) electrons. The average Bonchev–Trinajstić information content (AvgIpc) is 1.68. The fraction of sp³-hybridized carbons (Fsp3) is 0.508. The number of rotatable bonds is 30. The van der Waals surface area contributed by atoms with Gasteiger partial charge in [-0.15, -0.1) is 5.10 Å². The maximum absolute atomic E-state index is 14.1. The predicted molar refractivity (Wildman–Crippen MR) is 319 cm³/mol. The van der Waals surface area contributed by atoms with Gasteiger partial charge in [0.05, 0.1) is 47.9 Å². The fourth-order valence-corrected chi connectivity index (χ4v) is 11.8. The van der Waals surface area contributed by atoms with Gasteiger partial charge in [0.1, 0.15) is 38.0 Å². The molecule has 3 aromatic heterocycles. The van der Waals surface area contributed by atoms with E-state index in [-0.39, 0.29) is 116 Å². The molecule has 4 aliphatic rings. The number of aromatic nitrogens is 5. The number of cyclic esters (lactones) is 1. The summed E-state index contributed by atoms with van der Waals surface area (Å²) in [6, 6.07) is 13.1. The number of unbranched alkanes of at least 4 members (excludes halogenated alkanes) is 2. The Kier molecular flexibility index (Phi) is 22.6. The molecule has 3 amide bonds. The molecule has 0 spiro atoms. The number of hydrogen-bond donors (Lipinski definition) is 2. The van der Waals surface area contributed by atoms with E-state index in [1.165, 1.54) is 17.1 Å². The number of ether oxygens (including phenoxy) is 5. The van der Waals surface area contributed by atoms with E-state index in [2.05, 4.69) is 15.6 Å². The molecule has 464 valence electrons. The highest BCUT2D eigenvalue weighted by atomic mass is 16.7. The van der Waals surface area contributed by atoms with Crippen LogP contribution in [0.2, 0.25) is 0 Å². The van der Waals surface area contributed by atoms with Crippen LogP contribution in [0.4, 0.5) is 10.5 Å². The van der Waals surface area contributed by atoms with Crippen molar-refractivity contribution in [3.8, 4) is 17.1 Å². The van der Waals surface area contributed by atoms with Gasteiger partial charge in [0.15, 0.2) is 11.6 Å². The Morgan fingerprint density at radius 1 is 0.851 bits per heavy atom. The van der Waals surface area contributed by atoms with Crippen molar-refractivity contribution in [2.45, 2.75) is 163 Å². The Morgan fingerprint density at radius 3 is 2.32 bits per heavy atom. The SMILES string of the molecule is CC.CCCCCC(CC(=O)COCC(=O)CCCOCCn1cc(CCC(=O)C2CCC(CN3C(=O)C=CC3=O)CC2)nn1)C(=O)Nc1ccc(COC(=O)OC2(CC)C(=O)OCc3c2cc2n(c3=O)Cc3c-2nc2ccc(O)cc2c3CC)cc1. The highest BCUT2D eigenvalue weighted by Gasteiger charge is 2.51. The van der Waals surface area contributed by atoms with Gasteiger partial charge in [0.2, 0.25) is 11.5 Å². The van der Waals surface area contributed by atoms with Crippen molar-refractivity contribution >= 4 is 63.8 Å². The molecule has 3 aliphatic heterocycles. The third kappa shape index (κ3) is 15.9. The quantitative estimate of drug-likeness (QED) is 0.0242. The van der Waals surface area contributed by atoms with Crippen LogP contribution in [0.25, 0.3) is 22.3 Å². The number of carbonyl (C=O) groups is 8. The zero-order chi connectivity index (χ0) is 62.2. The number of phenols is 1. The lowest BCUT2D eigenvalue weighted by Gasteiger charge is -2.35. The van der Waals surface area contributed by atoms with Gasteiger partial charge in [0.25, 0.3) is 17.4 Å². The van der Waals surface area contributed by atoms with E-state index < -0.39 is 29.2 Å². The molecule has 6 heterocycles. The van der Waals surface area contributed by atoms with Crippen molar-refractivity contribution in [2.75, 3.05) is 38.3 Å². The van der Waals surface area contributed by atoms with Gasteiger partial charge in [-0.2, -0.15) is 0 Å². The van der Waals surface area contributed by atoms with Crippen LogP contribution in [0.3, 0.4) is 0 Å². The van der Waals surface area contributed by atoms with Gasteiger partial charge in [-0.25, -0.2) is 19.3 Å². The Hall–Kier alpha value is -8.24. The summed E-state index contributed by atoms with van der Waals surface area (Å²) >= 11 is 0. The number of phenolic OH excluding ortho intramolecular Hbond substituents is 1. The molecule has 0 saturated heterocycles. The summed E-state index contributed by atoms with van der Waals surface area (Å²) in [7, 11) is 0. The van der Waals surface area contributed by atoms with E-state index in [0.29, 0.717) is 92.3 Å². The van der Waals surface area contributed by atoms with E-state index in [9.17, 15) is 48.3 Å². The number of hydrogen-bond acceptors (Lipinski definition) is 18. The number of benzene rings is 2. The number of anilines is 1. The summed E-state index contributed by atoms with van der Waals surface area (Å²) in [5.74, 6) is -2.42. The van der Waals surface area contributed by atoms with Crippen molar-refractivity contribution in [1.82, 2.24) is 29.4 Å². The molecular weight excluding hydrogens is 1120 g/mol. The molecule has 5 aromatic rings. The second kappa shape index (κ2) is 30.4. The van der Waals surface area contributed by atoms with Gasteiger partial charge in [-0.1, -0.05) is 71.2 Å². The number of carbonyl (C=O) groups excluding carboxylic acids is 8. The Balaban J connectivity index is 0.00000486. The van der Waals surface area contributed by atoms with Crippen LogP contribution in [-0.4, -0.2) is 115 Å². The van der Waals surface area contributed by atoms with Gasteiger partial charge in [-0.3, -0.25) is 38.5 Å². The summed E-state index contributed by atoms with van der Waals surface area (Å²) in [4.78, 5) is 123. The number of aromatic hydroxyl groups is 1. The number of pyridine rings is 2. The van der Waals surface area contributed by atoms with E-state index in [1.807, 2.05) is 27.7 Å². The van der Waals surface area contributed by atoms with Crippen molar-refractivity contribution < 1.29 is 67.1 Å². The zero-order valence-corrected chi connectivity index (χ0v) is 50.4. The highest BCUT2D eigenvalue weighted by Crippen LogP contribution is 2.43. The number of ketones is 3. The second-order valence-corrected chi connectivity index (χ2v) is 22.3. The normalized spacial score (nSPS) is 17.9. The third-order valence-electron chi connectivity index (χ3n) is 16.5. The largest absolute Gasteiger partial charge is 0.510 e. The monoisotopic (exact) mass is 1200 g/mol. The molecule has 2 atom stereocenters. The number of nitrogens with zero attached hydrogens (tertiary/aromatic N) is 6. The average molecular weight is 1200 g/mol. The molecule has 87 heavy (non-hydrogen) atoms. The van der Waals surface area contributed by atoms with Crippen LogP contribution in [0, 0.1) is 17.8 Å². The maximum atomic E-state index is 14.1. The summed E-state index contributed by atoms with van der Waals surface area (Å²) in [5.41, 5.74) is 3.09. The minimum Gasteiger partial charge on any atom is -0.508 e.